The maximum Gasteiger partial charge on any atom is 0.274 e. The van der Waals surface area contributed by atoms with Gasteiger partial charge in [0.05, 0.1) is 12.4 Å². The van der Waals surface area contributed by atoms with Crippen LogP contribution in [-0.4, -0.2) is 58.9 Å². The number of anilines is 2. The molecule has 6 nitrogen and oxygen atoms in total. The summed E-state index contributed by atoms with van der Waals surface area (Å²) in [5.41, 5.74) is 2.64. The molecule has 1 aliphatic rings. The lowest BCUT2D eigenvalue weighted by Gasteiger charge is -2.32. The second-order valence-corrected chi connectivity index (χ2v) is 6.75. The Hall–Kier alpha value is -2.47. The number of carbonyl (C=O) groups excluding carboxylic acids is 1. The van der Waals surface area contributed by atoms with Crippen LogP contribution in [0.5, 0.6) is 0 Å². The predicted octanol–water partition coefficient (Wildman–Crippen LogP) is 2.73. The monoisotopic (exact) mass is 339 g/mol. The molecule has 1 aliphatic heterocycles. The Bertz CT molecular complexity index is 721. The lowest BCUT2D eigenvalue weighted by atomic mass is 10.0. The number of rotatable bonds is 4. The summed E-state index contributed by atoms with van der Waals surface area (Å²) in [6.45, 7) is 7.57. The molecule has 2 heterocycles. The van der Waals surface area contributed by atoms with Crippen molar-refractivity contribution in [3.05, 3.63) is 47.9 Å². The second-order valence-electron chi connectivity index (χ2n) is 6.75. The van der Waals surface area contributed by atoms with Gasteiger partial charge >= 0.3 is 0 Å². The van der Waals surface area contributed by atoms with Crippen molar-refractivity contribution >= 4 is 17.4 Å². The molecule has 3 rings (SSSR count). The van der Waals surface area contributed by atoms with Crippen LogP contribution in [0, 0.1) is 0 Å². The van der Waals surface area contributed by atoms with E-state index in [1.807, 2.05) is 23.1 Å². The second kappa shape index (κ2) is 7.61. The van der Waals surface area contributed by atoms with Crippen LogP contribution in [0.2, 0.25) is 0 Å². The highest BCUT2D eigenvalue weighted by Crippen LogP contribution is 2.25. The predicted molar refractivity (Wildman–Crippen MR) is 99.2 cm³/mol. The van der Waals surface area contributed by atoms with Crippen molar-refractivity contribution < 1.29 is 4.79 Å². The van der Waals surface area contributed by atoms with Crippen LogP contribution in [-0.2, 0) is 0 Å². The zero-order chi connectivity index (χ0) is 17.8. The first kappa shape index (κ1) is 17.4. The summed E-state index contributed by atoms with van der Waals surface area (Å²) < 4.78 is 0. The molecule has 6 heteroatoms. The highest BCUT2D eigenvalue weighted by molar-refractivity contribution is 5.92. The van der Waals surface area contributed by atoms with E-state index in [0.717, 1.165) is 31.9 Å². The number of aromatic nitrogens is 2. The Balaban J connectivity index is 1.69. The summed E-state index contributed by atoms with van der Waals surface area (Å²) in [6, 6.07) is 8.16. The van der Waals surface area contributed by atoms with Crippen LogP contribution in [0.4, 0.5) is 11.5 Å². The third-order valence-corrected chi connectivity index (χ3v) is 4.51. The molecule has 0 spiro atoms. The first-order chi connectivity index (χ1) is 12.0. The van der Waals surface area contributed by atoms with E-state index < -0.39 is 0 Å². The summed E-state index contributed by atoms with van der Waals surface area (Å²) in [6.07, 6.45) is 3.18. The molecule has 2 aromatic rings. The molecule has 0 aliphatic carbocycles. The van der Waals surface area contributed by atoms with Crippen molar-refractivity contribution in [3.63, 3.8) is 0 Å². The van der Waals surface area contributed by atoms with Crippen LogP contribution in [0.3, 0.4) is 0 Å². The Morgan fingerprint density at radius 2 is 1.80 bits per heavy atom. The van der Waals surface area contributed by atoms with Crippen molar-refractivity contribution in [3.8, 4) is 0 Å². The van der Waals surface area contributed by atoms with E-state index in [-0.39, 0.29) is 5.91 Å². The summed E-state index contributed by atoms with van der Waals surface area (Å²) in [7, 11) is 2.07. The summed E-state index contributed by atoms with van der Waals surface area (Å²) >= 11 is 0. The van der Waals surface area contributed by atoms with E-state index in [0.29, 0.717) is 17.4 Å². The van der Waals surface area contributed by atoms with Crippen LogP contribution < -0.4 is 5.32 Å². The van der Waals surface area contributed by atoms with E-state index in [1.54, 1.807) is 12.4 Å². The number of likely N-dealkylation sites (N-methyl/N-ethyl adjacent to an activating group) is 1. The van der Waals surface area contributed by atoms with Crippen molar-refractivity contribution in [2.45, 2.75) is 19.8 Å². The van der Waals surface area contributed by atoms with Gasteiger partial charge in [0.1, 0.15) is 11.5 Å². The Morgan fingerprint density at radius 3 is 2.44 bits per heavy atom. The normalized spacial score (nSPS) is 15.4. The minimum Gasteiger partial charge on any atom is -0.339 e. The number of piperazine rings is 1. The topological polar surface area (TPSA) is 61.4 Å². The maximum atomic E-state index is 12.5. The zero-order valence-corrected chi connectivity index (χ0v) is 15.1. The van der Waals surface area contributed by atoms with Gasteiger partial charge in [-0.2, -0.15) is 0 Å². The fourth-order valence-corrected chi connectivity index (χ4v) is 2.93. The number of nitrogens with zero attached hydrogens (tertiary/aromatic N) is 4. The number of amides is 1. The molecule has 0 saturated carbocycles. The first-order valence-electron chi connectivity index (χ1n) is 8.70. The fourth-order valence-electron chi connectivity index (χ4n) is 2.93. The van der Waals surface area contributed by atoms with E-state index >= 15 is 0 Å². The average molecular weight is 339 g/mol. The molecule has 132 valence electrons. The summed E-state index contributed by atoms with van der Waals surface area (Å²) in [4.78, 5) is 25.2. The Labute approximate surface area is 148 Å². The Kier molecular flexibility index (Phi) is 5.28. The zero-order valence-electron chi connectivity index (χ0n) is 15.1. The average Bonchev–Trinajstić information content (AvgIpc) is 2.63. The lowest BCUT2D eigenvalue weighted by molar-refractivity contribution is 0.0658. The molecule has 0 unspecified atom stereocenters. The van der Waals surface area contributed by atoms with Crippen LogP contribution in [0.15, 0.2) is 36.7 Å². The molecule has 1 aromatic heterocycles. The third kappa shape index (κ3) is 4.14. The molecule has 1 amide bonds. The van der Waals surface area contributed by atoms with Gasteiger partial charge in [-0.3, -0.25) is 4.79 Å². The van der Waals surface area contributed by atoms with Crippen molar-refractivity contribution in [1.29, 1.82) is 0 Å². The van der Waals surface area contributed by atoms with Gasteiger partial charge in [0.2, 0.25) is 0 Å². The minimum atomic E-state index is -0.0465. The molecule has 1 aromatic carbocycles. The van der Waals surface area contributed by atoms with Crippen molar-refractivity contribution in [2.75, 3.05) is 38.5 Å². The van der Waals surface area contributed by atoms with Crippen molar-refractivity contribution in [1.82, 2.24) is 19.8 Å². The number of hydrogen-bond acceptors (Lipinski definition) is 5. The van der Waals surface area contributed by atoms with Gasteiger partial charge in [0.25, 0.3) is 5.91 Å². The summed E-state index contributed by atoms with van der Waals surface area (Å²) in [5.74, 6) is 1.01. The molecule has 0 bridgehead atoms. The van der Waals surface area contributed by atoms with Gasteiger partial charge in [0.15, 0.2) is 0 Å². The molecule has 1 N–H and O–H groups in total. The number of benzene rings is 1. The molecular formula is C19H25N5O. The van der Waals surface area contributed by atoms with Gasteiger partial charge < -0.3 is 15.1 Å². The van der Waals surface area contributed by atoms with E-state index in [1.165, 1.54) is 5.56 Å². The highest BCUT2D eigenvalue weighted by atomic mass is 16.2. The standard InChI is InChI=1S/C19H25N5O/c1-14(2)15-6-4-5-7-16(15)22-18-13-20-17(12-21-18)19(25)24-10-8-23(3)9-11-24/h4-7,12-14H,8-11H2,1-3H3,(H,21,22). The van der Waals surface area contributed by atoms with Crippen molar-refractivity contribution in [2.24, 2.45) is 0 Å². The molecular weight excluding hydrogens is 314 g/mol. The van der Waals surface area contributed by atoms with Crippen LogP contribution in [0.25, 0.3) is 0 Å². The SMILES string of the molecule is CC(C)c1ccccc1Nc1cnc(C(=O)N2CCN(C)CC2)cn1. The van der Waals surface area contributed by atoms with Gasteiger partial charge in [0, 0.05) is 31.9 Å². The smallest absolute Gasteiger partial charge is 0.274 e. The number of para-hydroxylation sites is 1. The maximum absolute atomic E-state index is 12.5. The molecule has 25 heavy (non-hydrogen) atoms. The van der Waals surface area contributed by atoms with Gasteiger partial charge in [-0.25, -0.2) is 9.97 Å². The van der Waals surface area contributed by atoms with Gasteiger partial charge in [-0.1, -0.05) is 32.0 Å². The number of nitrogens with one attached hydrogen (secondary N) is 1. The molecule has 0 radical (unpaired) electrons. The van der Waals surface area contributed by atoms with Gasteiger partial charge in [-0.15, -0.1) is 0 Å². The summed E-state index contributed by atoms with van der Waals surface area (Å²) in [5, 5.41) is 3.30. The number of hydrogen-bond donors (Lipinski definition) is 1. The number of carbonyl (C=O) groups is 1. The van der Waals surface area contributed by atoms with E-state index in [2.05, 4.69) is 47.1 Å². The van der Waals surface area contributed by atoms with E-state index in [9.17, 15) is 4.79 Å². The fraction of sp³-hybridized carbons (Fsp3) is 0.421. The molecule has 0 atom stereocenters. The van der Waals surface area contributed by atoms with Gasteiger partial charge in [-0.05, 0) is 24.6 Å². The highest BCUT2D eigenvalue weighted by Gasteiger charge is 2.21. The Morgan fingerprint density at radius 1 is 1.08 bits per heavy atom. The first-order valence-corrected chi connectivity index (χ1v) is 8.70. The quantitative estimate of drug-likeness (QED) is 0.928. The largest absolute Gasteiger partial charge is 0.339 e. The minimum absolute atomic E-state index is 0.0465. The molecule has 1 saturated heterocycles. The third-order valence-electron chi connectivity index (χ3n) is 4.51. The lowest BCUT2D eigenvalue weighted by Crippen LogP contribution is -2.47. The van der Waals surface area contributed by atoms with Crippen LogP contribution in [0.1, 0.15) is 35.8 Å². The molecule has 1 fully saturated rings. The van der Waals surface area contributed by atoms with Crippen LogP contribution >= 0.6 is 0 Å². The van der Waals surface area contributed by atoms with E-state index in [4.69, 9.17) is 0 Å².